The molecule has 1 aromatic carbocycles. The minimum atomic E-state index is -0.383. The number of nitrogens with one attached hydrogen (secondary N) is 1. The van der Waals surface area contributed by atoms with Crippen molar-refractivity contribution in [2.45, 2.75) is 55.4 Å². The van der Waals surface area contributed by atoms with Crippen LogP contribution in [0.1, 0.15) is 54.7 Å². The van der Waals surface area contributed by atoms with Gasteiger partial charge in [0.05, 0.1) is 0 Å². The first-order valence-corrected chi connectivity index (χ1v) is 12.8. The number of carbonyl (C=O) groups is 3. The van der Waals surface area contributed by atoms with Gasteiger partial charge in [-0.05, 0) is 56.1 Å². The SMILES string of the molecule is CSc1ccc(C[C@@]2(CCC(=O)N3CCC[C@H](C(=O)c4nccn4C)C3)CCC(=O)N2)cc1. The third-order valence-corrected chi connectivity index (χ3v) is 7.68. The molecule has 2 aliphatic rings. The Morgan fingerprint density at radius 1 is 1.27 bits per heavy atom. The lowest BCUT2D eigenvalue weighted by atomic mass is 9.84. The van der Waals surface area contributed by atoms with E-state index in [0.717, 1.165) is 25.7 Å². The fraction of sp³-hybridized carbons (Fsp3) is 0.520. The number of piperidine rings is 1. The summed E-state index contributed by atoms with van der Waals surface area (Å²) >= 11 is 1.70. The van der Waals surface area contributed by atoms with Gasteiger partial charge in [-0.1, -0.05) is 12.1 Å². The molecule has 0 aliphatic carbocycles. The molecule has 8 heteroatoms. The van der Waals surface area contributed by atoms with Gasteiger partial charge in [0.25, 0.3) is 0 Å². The van der Waals surface area contributed by atoms with Crippen molar-refractivity contribution in [1.29, 1.82) is 0 Å². The summed E-state index contributed by atoms with van der Waals surface area (Å²) in [5.74, 6) is 0.369. The second-order valence-corrected chi connectivity index (χ2v) is 10.1. The van der Waals surface area contributed by atoms with Crippen molar-refractivity contribution in [1.82, 2.24) is 19.8 Å². The van der Waals surface area contributed by atoms with Gasteiger partial charge in [-0.3, -0.25) is 14.4 Å². The van der Waals surface area contributed by atoms with Crippen LogP contribution in [0.2, 0.25) is 0 Å². The van der Waals surface area contributed by atoms with Gasteiger partial charge in [-0.25, -0.2) is 4.98 Å². The zero-order valence-corrected chi connectivity index (χ0v) is 20.2. The Morgan fingerprint density at radius 3 is 2.70 bits per heavy atom. The number of ketones is 1. The molecule has 3 heterocycles. The van der Waals surface area contributed by atoms with Crippen LogP contribution in [0, 0.1) is 5.92 Å². The van der Waals surface area contributed by atoms with E-state index in [1.165, 1.54) is 10.5 Å². The predicted molar refractivity (Wildman–Crippen MR) is 128 cm³/mol. The van der Waals surface area contributed by atoms with Gasteiger partial charge in [-0.15, -0.1) is 11.8 Å². The fourth-order valence-electron chi connectivity index (χ4n) is 5.02. The Morgan fingerprint density at radius 2 is 2.06 bits per heavy atom. The summed E-state index contributed by atoms with van der Waals surface area (Å²) in [7, 11) is 1.82. The number of Topliss-reactive ketones (excluding diaryl/α,β-unsaturated/α-hetero) is 1. The molecule has 2 saturated heterocycles. The minimum Gasteiger partial charge on any atom is -0.350 e. The quantitative estimate of drug-likeness (QED) is 0.475. The number of thioether (sulfide) groups is 1. The fourth-order valence-corrected chi connectivity index (χ4v) is 5.43. The molecule has 2 atom stereocenters. The lowest BCUT2D eigenvalue weighted by molar-refractivity contribution is -0.133. The molecule has 2 aromatic rings. The Balaban J connectivity index is 1.38. The van der Waals surface area contributed by atoms with E-state index in [-0.39, 0.29) is 29.1 Å². The van der Waals surface area contributed by atoms with Crippen LogP contribution in [0.5, 0.6) is 0 Å². The van der Waals surface area contributed by atoms with E-state index in [1.54, 1.807) is 28.7 Å². The second kappa shape index (κ2) is 10.1. The maximum atomic E-state index is 13.1. The normalized spacial score (nSPS) is 22.9. The molecule has 2 amide bonds. The number of aryl methyl sites for hydroxylation is 1. The summed E-state index contributed by atoms with van der Waals surface area (Å²) in [6.07, 6.45) is 9.98. The van der Waals surface area contributed by atoms with Crippen molar-refractivity contribution < 1.29 is 14.4 Å². The molecule has 0 bridgehead atoms. The molecule has 2 aliphatic heterocycles. The van der Waals surface area contributed by atoms with E-state index < -0.39 is 0 Å². The number of amides is 2. The molecule has 0 saturated carbocycles. The van der Waals surface area contributed by atoms with Gasteiger partial charge in [0.1, 0.15) is 0 Å². The van der Waals surface area contributed by atoms with Crippen LogP contribution in [0.25, 0.3) is 0 Å². The Labute approximate surface area is 199 Å². The highest BCUT2D eigenvalue weighted by Crippen LogP contribution is 2.31. The summed E-state index contributed by atoms with van der Waals surface area (Å²) in [5.41, 5.74) is 0.784. The number of benzene rings is 1. The predicted octanol–water partition coefficient (Wildman–Crippen LogP) is 3.24. The first kappa shape index (κ1) is 23.5. The van der Waals surface area contributed by atoms with Crippen molar-refractivity contribution >= 4 is 29.4 Å². The number of nitrogens with zero attached hydrogens (tertiary/aromatic N) is 3. The van der Waals surface area contributed by atoms with E-state index >= 15 is 0 Å². The molecular formula is C25H32N4O3S. The van der Waals surface area contributed by atoms with E-state index in [9.17, 15) is 14.4 Å². The number of likely N-dealkylation sites (tertiary alicyclic amines) is 1. The lowest BCUT2D eigenvalue weighted by Gasteiger charge is -2.34. The molecule has 2 fully saturated rings. The van der Waals surface area contributed by atoms with Gasteiger partial charge in [0.2, 0.25) is 17.6 Å². The molecular weight excluding hydrogens is 436 g/mol. The average molecular weight is 469 g/mol. The number of aromatic nitrogens is 2. The number of hydrogen-bond donors (Lipinski definition) is 1. The van der Waals surface area contributed by atoms with Crippen molar-refractivity contribution in [3.8, 4) is 0 Å². The molecule has 0 spiro atoms. The van der Waals surface area contributed by atoms with Crippen molar-refractivity contribution in [3.63, 3.8) is 0 Å². The number of imidazole rings is 1. The lowest BCUT2D eigenvalue weighted by Crippen LogP contribution is -2.46. The average Bonchev–Trinajstić information content (AvgIpc) is 3.43. The van der Waals surface area contributed by atoms with Crippen LogP contribution in [-0.4, -0.2) is 56.9 Å². The molecule has 1 aromatic heterocycles. The topological polar surface area (TPSA) is 84.3 Å². The third kappa shape index (κ3) is 5.49. The zero-order chi connectivity index (χ0) is 23.4. The van der Waals surface area contributed by atoms with Crippen LogP contribution >= 0.6 is 11.8 Å². The number of carbonyl (C=O) groups excluding carboxylic acids is 3. The molecule has 4 rings (SSSR count). The van der Waals surface area contributed by atoms with Gasteiger partial charge in [0, 0.05) is 61.7 Å². The third-order valence-electron chi connectivity index (χ3n) is 6.94. The van der Waals surface area contributed by atoms with Crippen molar-refractivity contribution in [3.05, 3.63) is 48.0 Å². The van der Waals surface area contributed by atoms with Gasteiger partial charge in [0.15, 0.2) is 5.82 Å². The Hall–Kier alpha value is -2.61. The van der Waals surface area contributed by atoms with E-state index in [4.69, 9.17) is 0 Å². The molecule has 176 valence electrons. The highest BCUT2D eigenvalue weighted by atomic mass is 32.2. The highest BCUT2D eigenvalue weighted by molar-refractivity contribution is 7.98. The maximum Gasteiger partial charge on any atom is 0.222 e. The van der Waals surface area contributed by atoms with E-state index in [1.807, 2.05) is 18.2 Å². The summed E-state index contributed by atoms with van der Waals surface area (Å²) in [6, 6.07) is 8.42. The van der Waals surface area contributed by atoms with Crippen LogP contribution in [0.15, 0.2) is 41.6 Å². The first-order chi connectivity index (χ1) is 15.9. The van der Waals surface area contributed by atoms with E-state index in [2.05, 4.69) is 34.6 Å². The molecule has 0 radical (unpaired) electrons. The molecule has 0 unspecified atom stereocenters. The standard InChI is InChI=1S/C25H32N4O3S/c1-28-15-13-26-24(28)23(32)19-4-3-14-29(17-19)22(31)10-12-25(11-9-21(30)27-25)16-18-5-7-20(33-2)8-6-18/h5-8,13,15,19H,3-4,9-12,14,16-17H2,1-2H3,(H,27,30)/t19-,25-/m0/s1. The number of hydrogen-bond acceptors (Lipinski definition) is 5. The first-order valence-electron chi connectivity index (χ1n) is 11.6. The zero-order valence-electron chi connectivity index (χ0n) is 19.4. The molecule has 1 N–H and O–H groups in total. The molecule has 33 heavy (non-hydrogen) atoms. The van der Waals surface area contributed by atoms with Crippen LogP contribution in [-0.2, 0) is 23.1 Å². The van der Waals surface area contributed by atoms with Crippen LogP contribution in [0.3, 0.4) is 0 Å². The van der Waals surface area contributed by atoms with Crippen molar-refractivity contribution in [2.75, 3.05) is 19.3 Å². The van der Waals surface area contributed by atoms with E-state index in [0.29, 0.717) is 38.2 Å². The van der Waals surface area contributed by atoms with Crippen LogP contribution < -0.4 is 5.32 Å². The molecule has 7 nitrogen and oxygen atoms in total. The minimum absolute atomic E-state index is 0.00761. The van der Waals surface area contributed by atoms with Crippen molar-refractivity contribution in [2.24, 2.45) is 13.0 Å². The monoisotopic (exact) mass is 468 g/mol. The maximum absolute atomic E-state index is 13.1. The summed E-state index contributed by atoms with van der Waals surface area (Å²) in [4.78, 5) is 45.3. The summed E-state index contributed by atoms with van der Waals surface area (Å²) in [6.45, 7) is 1.12. The van der Waals surface area contributed by atoms with Gasteiger partial charge < -0.3 is 14.8 Å². The van der Waals surface area contributed by atoms with Gasteiger partial charge >= 0.3 is 0 Å². The second-order valence-electron chi connectivity index (χ2n) is 9.26. The van der Waals surface area contributed by atoms with Crippen LogP contribution in [0.4, 0.5) is 0 Å². The number of rotatable bonds is 8. The Kier molecular flexibility index (Phi) is 7.22. The smallest absolute Gasteiger partial charge is 0.222 e. The highest BCUT2D eigenvalue weighted by Gasteiger charge is 2.39. The largest absolute Gasteiger partial charge is 0.350 e. The summed E-state index contributed by atoms with van der Waals surface area (Å²) in [5, 5.41) is 3.17. The summed E-state index contributed by atoms with van der Waals surface area (Å²) < 4.78 is 1.74. The Bertz CT molecular complexity index is 1020. The van der Waals surface area contributed by atoms with Gasteiger partial charge in [-0.2, -0.15) is 0 Å².